The molecule has 110 valence electrons. The summed E-state index contributed by atoms with van der Waals surface area (Å²) in [5, 5.41) is 5.41. The molecule has 0 fully saturated rings. The Labute approximate surface area is 117 Å². The molecule has 0 aromatic carbocycles. The summed E-state index contributed by atoms with van der Waals surface area (Å²) in [5.74, 6) is 5.01. The van der Waals surface area contributed by atoms with Crippen molar-refractivity contribution in [3.8, 4) is 0 Å². The smallest absolute Gasteiger partial charge is 0.271 e. The van der Waals surface area contributed by atoms with Gasteiger partial charge in [-0.1, -0.05) is 0 Å². The van der Waals surface area contributed by atoms with E-state index >= 15 is 0 Å². The summed E-state index contributed by atoms with van der Waals surface area (Å²) in [5.41, 5.74) is 2.20. The molecule has 5 N–H and O–H groups in total. The van der Waals surface area contributed by atoms with Crippen molar-refractivity contribution in [2.45, 2.75) is 32.7 Å². The summed E-state index contributed by atoms with van der Waals surface area (Å²) >= 11 is 0. The van der Waals surface area contributed by atoms with Crippen LogP contribution in [-0.2, 0) is 4.79 Å². The number of nitrogens with one attached hydrogen (secondary N) is 3. The molecule has 0 atom stereocenters. The molecule has 1 rings (SSSR count). The van der Waals surface area contributed by atoms with Gasteiger partial charge in [0, 0.05) is 18.5 Å². The van der Waals surface area contributed by atoms with Crippen molar-refractivity contribution in [2.24, 2.45) is 5.84 Å². The van der Waals surface area contributed by atoms with Crippen LogP contribution in [0.15, 0.2) is 12.4 Å². The number of carbonyl (C=O) groups excluding carboxylic acids is 2. The predicted molar refractivity (Wildman–Crippen MR) is 74.7 cm³/mol. The molecule has 0 aliphatic rings. The summed E-state index contributed by atoms with van der Waals surface area (Å²) in [6, 6.07) is 0. The highest BCUT2D eigenvalue weighted by Gasteiger charge is 2.14. The highest BCUT2D eigenvalue weighted by atomic mass is 16.2. The molecule has 0 spiro atoms. The van der Waals surface area contributed by atoms with Gasteiger partial charge in [0.25, 0.3) is 5.91 Å². The van der Waals surface area contributed by atoms with Crippen LogP contribution in [0.4, 0.5) is 5.82 Å². The van der Waals surface area contributed by atoms with E-state index in [2.05, 4.69) is 26.0 Å². The van der Waals surface area contributed by atoms with Crippen LogP contribution in [0.25, 0.3) is 0 Å². The van der Waals surface area contributed by atoms with Gasteiger partial charge in [-0.2, -0.15) is 0 Å². The second-order valence-corrected chi connectivity index (χ2v) is 5.24. The number of anilines is 1. The molecule has 8 nitrogen and oxygen atoms in total. The quantitative estimate of drug-likeness (QED) is 0.437. The molecule has 0 aliphatic carbocycles. The van der Waals surface area contributed by atoms with E-state index in [1.165, 1.54) is 12.4 Å². The third kappa shape index (κ3) is 5.61. The molecular weight excluding hydrogens is 260 g/mol. The van der Waals surface area contributed by atoms with Crippen molar-refractivity contribution in [1.29, 1.82) is 0 Å². The van der Waals surface area contributed by atoms with Crippen LogP contribution in [0.2, 0.25) is 0 Å². The summed E-state index contributed by atoms with van der Waals surface area (Å²) in [7, 11) is 0. The lowest BCUT2D eigenvalue weighted by Crippen LogP contribution is -2.42. The molecular formula is C12H20N6O2. The largest absolute Gasteiger partial charge is 0.351 e. The zero-order chi connectivity index (χ0) is 15.2. The fourth-order valence-electron chi connectivity index (χ4n) is 1.38. The van der Waals surface area contributed by atoms with Crippen LogP contribution < -0.4 is 21.9 Å². The van der Waals surface area contributed by atoms with Crippen LogP contribution in [0.1, 0.15) is 37.7 Å². The van der Waals surface area contributed by atoms with Gasteiger partial charge in [0.2, 0.25) is 5.91 Å². The van der Waals surface area contributed by atoms with E-state index in [1.807, 2.05) is 20.8 Å². The molecule has 20 heavy (non-hydrogen) atoms. The first-order valence-electron chi connectivity index (χ1n) is 6.19. The monoisotopic (exact) mass is 280 g/mol. The summed E-state index contributed by atoms with van der Waals surface area (Å²) < 4.78 is 0. The highest BCUT2D eigenvalue weighted by Crippen LogP contribution is 2.00. The van der Waals surface area contributed by atoms with Gasteiger partial charge >= 0.3 is 0 Å². The van der Waals surface area contributed by atoms with Crippen molar-refractivity contribution in [2.75, 3.05) is 12.0 Å². The van der Waals surface area contributed by atoms with Crippen molar-refractivity contribution >= 4 is 17.6 Å². The maximum Gasteiger partial charge on any atom is 0.271 e. The highest BCUT2D eigenvalue weighted by molar-refractivity contribution is 5.92. The summed E-state index contributed by atoms with van der Waals surface area (Å²) in [6.45, 7) is 5.92. The van der Waals surface area contributed by atoms with Gasteiger partial charge in [0.05, 0.1) is 12.4 Å². The molecule has 0 saturated carbocycles. The van der Waals surface area contributed by atoms with Crippen molar-refractivity contribution in [3.05, 3.63) is 18.1 Å². The molecule has 0 saturated heterocycles. The Balaban J connectivity index is 2.38. The Bertz CT molecular complexity index is 466. The number of nitrogens with two attached hydrogens (primary N) is 1. The first kappa shape index (κ1) is 15.8. The lowest BCUT2D eigenvalue weighted by molar-refractivity contribution is -0.122. The molecule has 1 aromatic rings. The average molecular weight is 280 g/mol. The van der Waals surface area contributed by atoms with Gasteiger partial charge in [-0.05, 0) is 20.8 Å². The van der Waals surface area contributed by atoms with E-state index in [9.17, 15) is 9.59 Å². The van der Waals surface area contributed by atoms with E-state index < -0.39 is 0 Å². The molecule has 8 heteroatoms. The Morgan fingerprint density at radius 3 is 2.45 bits per heavy atom. The van der Waals surface area contributed by atoms with Crippen LogP contribution >= 0.6 is 0 Å². The lowest BCUT2D eigenvalue weighted by Gasteiger charge is -2.20. The summed E-state index contributed by atoms with van der Waals surface area (Å²) in [6.07, 6.45) is 2.86. The van der Waals surface area contributed by atoms with Gasteiger partial charge in [-0.15, -0.1) is 0 Å². The van der Waals surface area contributed by atoms with E-state index in [1.54, 1.807) is 0 Å². The number of amides is 2. The number of nitrogen functional groups attached to an aromatic ring is 1. The Morgan fingerprint density at radius 2 is 1.95 bits per heavy atom. The Morgan fingerprint density at radius 1 is 1.25 bits per heavy atom. The fraction of sp³-hybridized carbons (Fsp3) is 0.500. The van der Waals surface area contributed by atoms with E-state index in [0.29, 0.717) is 5.82 Å². The lowest BCUT2D eigenvalue weighted by atomic mass is 10.1. The SMILES string of the molecule is CC(C)(C)NC(=O)CCNC(=O)c1cnc(NN)cn1. The number of hydrogen-bond acceptors (Lipinski definition) is 6. The van der Waals surface area contributed by atoms with Gasteiger partial charge in [-0.25, -0.2) is 15.8 Å². The third-order valence-corrected chi connectivity index (χ3v) is 2.18. The molecule has 1 heterocycles. The number of nitrogens with zero attached hydrogens (tertiary/aromatic N) is 2. The molecule has 0 radical (unpaired) electrons. The van der Waals surface area contributed by atoms with Crippen molar-refractivity contribution in [1.82, 2.24) is 20.6 Å². The fourth-order valence-corrected chi connectivity index (χ4v) is 1.38. The van der Waals surface area contributed by atoms with Gasteiger partial charge < -0.3 is 16.1 Å². The number of rotatable bonds is 5. The van der Waals surface area contributed by atoms with E-state index in [0.717, 1.165) is 0 Å². The van der Waals surface area contributed by atoms with Crippen LogP contribution in [0.3, 0.4) is 0 Å². The Hall–Kier alpha value is -2.22. The normalized spacial score (nSPS) is 10.8. The van der Waals surface area contributed by atoms with Crippen molar-refractivity contribution < 1.29 is 9.59 Å². The van der Waals surface area contributed by atoms with E-state index in [-0.39, 0.29) is 36.0 Å². The first-order chi connectivity index (χ1) is 9.31. The number of aromatic nitrogens is 2. The van der Waals surface area contributed by atoms with Crippen LogP contribution in [-0.4, -0.2) is 33.9 Å². The van der Waals surface area contributed by atoms with Crippen LogP contribution in [0, 0.1) is 0 Å². The maximum absolute atomic E-state index is 11.7. The van der Waals surface area contributed by atoms with Crippen LogP contribution in [0.5, 0.6) is 0 Å². The molecule has 2 amide bonds. The third-order valence-electron chi connectivity index (χ3n) is 2.18. The zero-order valence-corrected chi connectivity index (χ0v) is 11.9. The number of hydrazine groups is 1. The standard InChI is InChI=1S/C12H20N6O2/c1-12(2,3)17-10(19)4-5-14-11(20)8-6-16-9(18-13)7-15-8/h6-7H,4-5,13H2,1-3H3,(H,14,20)(H,16,18)(H,17,19). The minimum atomic E-state index is -0.385. The molecule has 0 aliphatic heterocycles. The summed E-state index contributed by atoms with van der Waals surface area (Å²) in [4.78, 5) is 31.0. The van der Waals surface area contributed by atoms with E-state index in [4.69, 9.17) is 5.84 Å². The minimum Gasteiger partial charge on any atom is -0.351 e. The van der Waals surface area contributed by atoms with Gasteiger partial charge in [-0.3, -0.25) is 9.59 Å². The Kier molecular flexibility index (Phi) is 5.39. The van der Waals surface area contributed by atoms with Gasteiger partial charge in [0.15, 0.2) is 5.82 Å². The zero-order valence-electron chi connectivity index (χ0n) is 11.9. The van der Waals surface area contributed by atoms with Crippen molar-refractivity contribution in [3.63, 3.8) is 0 Å². The first-order valence-corrected chi connectivity index (χ1v) is 6.19. The maximum atomic E-state index is 11.7. The average Bonchev–Trinajstić information content (AvgIpc) is 2.36. The number of hydrogen-bond donors (Lipinski definition) is 4. The minimum absolute atomic E-state index is 0.119. The second-order valence-electron chi connectivity index (χ2n) is 5.24. The second kappa shape index (κ2) is 6.80. The molecule has 0 bridgehead atoms. The van der Waals surface area contributed by atoms with Gasteiger partial charge in [0.1, 0.15) is 5.69 Å². The topological polar surface area (TPSA) is 122 Å². The molecule has 0 unspecified atom stereocenters. The molecule has 1 aromatic heterocycles. The predicted octanol–water partition coefficient (Wildman–Crippen LogP) is -0.203. The number of carbonyl (C=O) groups is 2.